The Labute approximate surface area is 155 Å². The molecule has 0 aliphatic rings. The number of carbonyl (C=O) groups is 5. The first kappa shape index (κ1) is 24.3. The van der Waals surface area contributed by atoms with Gasteiger partial charge in [-0.25, -0.2) is 4.79 Å². The van der Waals surface area contributed by atoms with Crippen LogP contribution in [0.3, 0.4) is 0 Å². The molecule has 0 aliphatic heterocycles. The van der Waals surface area contributed by atoms with Crippen molar-refractivity contribution in [1.29, 1.82) is 0 Å². The van der Waals surface area contributed by atoms with Crippen LogP contribution in [0.5, 0.6) is 0 Å². The van der Waals surface area contributed by atoms with E-state index in [4.69, 9.17) is 21.1 Å². The number of nitrogens with two attached hydrogens (primary N) is 1. The summed E-state index contributed by atoms with van der Waals surface area (Å²) in [7, 11) is 0. The van der Waals surface area contributed by atoms with E-state index in [9.17, 15) is 24.0 Å². The van der Waals surface area contributed by atoms with Crippen LogP contribution in [-0.4, -0.2) is 76.3 Å². The zero-order valence-corrected chi connectivity index (χ0v) is 15.1. The lowest BCUT2D eigenvalue weighted by Gasteiger charge is -2.20. The first-order chi connectivity index (χ1) is 12.5. The fourth-order valence-corrected chi connectivity index (χ4v) is 1.88. The van der Waals surface area contributed by atoms with E-state index in [0.29, 0.717) is 6.42 Å². The first-order valence-electron chi connectivity index (χ1n) is 8.21. The number of carbonyl (C=O) groups excluding carboxylic acids is 3. The lowest BCUT2D eigenvalue weighted by Crippen LogP contribution is -2.55. The van der Waals surface area contributed by atoms with Gasteiger partial charge in [-0.1, -0.05) is 20.3 Å². The molecule has 0 saturated heterocycles. The van der Waals surface area contributed by atoms with Gasteiger partial charge in [0.1, 0.15) is 12.1 Å². The largest absolute Gasteiger partial charge is 0.481 e. The van der Waals surface area contributed by atoms with Crippen molar-refractivity contribution in [2.24, 2.45) is 11.7 Å². The van der Waals surface area contributed by atoms with Crippen LogP contribution in [0.4, 0.5) is 0 Å². The molecule has 0 spiro atoms. The molecule has 0 aliphatic carbocycles. The number of aliphatic hydroxyl groups is 1. The second-order valence-electron chi connectivity index (χ2n) is 5.93. The molecule has 0 unspecified atom stereocenters. The molecule has 0 fully saturated rings. The van der Waals surface area contributed by atoms with Crippen LogP contribution in [-0.2, 0) is 24.0 Å². The highest BCUT2D eigenvalue weighted by atomic mass is 16.4. The Morgan fingerprint density at radius 1 is 1.00 bits per heavy atom. The Kier molecular flexibility index (Phi) is 10.6. The third kappa shape index (κ3) is 8.96. The van der Waals surface area contributed by atoms with E-state index in [-0.39, 0.29) is 5.92 Å². The summed E-state index contributed by atoms with van der Waals surface area (Å²) in [6, 6.07) is -4.08. The molecule has 0 bridgehead atoms. The molecule has 12 nitrogen and oxygen atoms in total. The number of nitrogens with one attached hydrogen (secondary N) is 3. The Morgan fingerprint density at radius 3 is 2.04 bits per heavy atom. The minimum atomic E-state index is -1.65. The summed E-state index contributed by atoms with van der Waals surface area (Å²) in [6.07, 6.45) is -0.174. The Morgan fingerprint density at radius 2 is 1.59 bits per heavy atom. The van der Waals surface area contributed by atoms with Gasteiger partial charge in [0.25, 0.3) is 0 Å². The van der Waals surface area contributed by atoms with Crippen LogP contribution in [0, 0.1) is 5.92 Å². The number of hydrogen-bond donors (Lipinski definition) is 7. The van der Waals surface area contributed by atoms with E-state index in [2.05, 4.69) is 10.6 Å². The third-order valence-corrected chi connectivity index (χ3v) is 3.81. The molecule has 0 aromatic carbocycles. The van der Waals surface area contributed by atoms with Crippen LogP contribution >= 0.6 is 0 Å². The van der Waals surface area contributed by atoms with Gasteiger partial charge < -0.3 is 37.0 Å². The summed E-state index contributed by atoms with van der Waals surface area (Å²) in [4.78, 5) is 57.4. The van der Waals surface area contributed by atoms with E-state index < -0.39 is 67.4 Å². The minimum absolute atomic E-state index is 0.120. The molecule has 0 aromatic heterocycles. The second kappa shape index (κ2) is 11.8. The number of rotatable bonds is 12. The molecular weight excluding hydrogens is 364 g/mol. The van der Waals surface area contributed by atoms with Crippen molar-refractivity contribution in [3.63, 3.8) is 0 Å². The van der Waals surface area contributed by atoms with Crippen molar-refractivity contribution < 1.29 is 39.3 Å². The van der Waals surface area contributed by atoms with E-state index in [1.165, 1.54) is 0 Å². The van der Waals surface area contributed by atoms with Gasteiger partial charge >= 0.3 is 11.9 Å². The average molecular weight is 390 g/mol. The number of aliphatic hydroxyl groups excluding tert-OH is 1. The highest BCUT2D eigenvalue weighted by Crippen LogP contribution is 2.04. The quantitative estimate of drug-likeness (QED) is 0.181. The third-order valence-electron chi connectivity index (χ3n) is 3.81. The van der Waals surface area contributed by atoms with Gasteiger partial charge in [-0.3, -0.25) is 19.2 Å². The van der Waals surface area contributed by atoms with Crippen LogP contribution < -0.4 is 21.7 Å². The number of amides is 3. The predicted octanol–water partition coefficient (Wildman–Crippen LogP) is -3.00. The topological polar surface area (TPSA) is 208 Å². The molecule has 8 N–H and O–H groups in total. The number of hydrogen-bond acceptors (Lipinski definition) is 7. The minimum Gasteiger partial charge on any atom is -0.481 e. The van der Waals surface area contributed by atoms with E-state index in [1.807, 2.05) is 12.2 Å². The zero-order valence-electron chi connectivity index (χ0n) is 15.1. The van der Waals surface area contributed by atoms with Crippen LogP contribution in [0.2, 0.25) is 0 Å². The van der Waals surface area contributed by atoms with Gasteiger partial charge in [0.05, 0.1) is 25.6 Å². The molecule has 154 valence electrons. The van der Waals surface area contributed by atoms with E-state index in [0.717, 1.165) is 0 Å². The van der Waals surface area contributed by atoms with Crippen molar-refractivity contribution in [1.82, 2.24) is 16.0 Å². The summed E-state index contributed by atoms with van der Waals surface area (Å²) >= 11 is 0. The maximum Gasteiger partial charge on any atom is 0.328 e. The summed E-state index contributed by atoms with van der Waals surface area (Å²) in [5, 5.41) is 32.8. The molecule has 12 heteroatoms. The smallest absolute Gasteiger partial charge is 0.328 e. The van der Waals surface area contributed by atoms with Crippen molar-refractivity contribution in [3.05, 3.63) is 0 Å². The Hall–Kier alpha value is -2.73. The van der Waals surface area contributed by atoms with Crippen molar-refractivity contribution in [2.75, 3.05) is 13.2 Å². The fraction of sp³-hybridized carbons (Fsp3) is 0.667. The Bertz CT molecular complexity index is 568. The molecule has 0 radical (unpaired) electrons. The Balaban J connectivity index is 4.82. The molecule has 0 rings (SSSR count). The second-order valence-corrected chi connectivity index (χ2v) is 5.93. The van der Waals surface area contributed by atoms with Gasteiger partial charge in [-0.05, 0) is 5.92 Å². The molecule has 0 heterocycles. The van der Waals surface area contributed by atoms with Crippen molar-refractivity contribution >= 4 is 29.7 Å². The average Bonchev–Trinajstić information content (AvgIpc) is 2.61. The number of carboxylic acid groups (broad SMARTS) is 2. The maximum absolute atomic E-state index is 12.0. The van der Waals surface area contributed by atoms with Gasteiger partial charge in [-0.2, -0.15) is 0 Å². The van der Waals surface area contributed by atoms with Crippen LogP contribution in [0.15, 0.2) is 0 Å². The monoisotopic (exact) mass is 390 g/mol. The maximum atomic E-state index is 12.0. The molecule has 3 amide bonds. The summed E-state index contributed by atoms with van der Waals surface area (Å²) in [5.41, 5.74) is 5.71. The molecular formula is C15H26N4O8. The summed E-state index contributed by atoms with van der Waals surface area (Å²) in [5.74, 6) is -5.62. The summed E-state index contributed by atoms with van der Waals surface area (Å²) < 4.78 is 0. The normalized spacial score (nSPS) is 15.0. The molecule has 4 atom stereocenters. The predicted molar refractivity (Wildman–Crippen MR) is 91.3 cm³/mol. The van der Waals surface area contributed by atoms with Crippen LogP contribution in [0.1, 0.15) is 26.7 Å². The van der Waals surface area contributed by atoms with E-state index in [1.54, 1.807) is 6.92 Å². The number of carboxylic acids is 2. The highest BCUT2D eigenvalue weighted by Gasteiger charge is 2.28. The number of aliphatic carboxylic acids is 2. The SMILES string of the molecule is CC[C@H](C)[C@H](N)C(=O)NCC(=O)N[C@@H](CC(=O)O)C(=O)N[C@@H](CO)C(=O)O. The van der Waals surface area contributed by atoms with Gasteiger partial charge in [0, 0.05) is 0 Å². The molecule has 27 heavy (non-hydrogen) atoms. The molecule has 0 saturated carbocycles. The highest BCUT2D eigenvalue weighted by molar-refractivity contribution is 5.94. The van der Waals surface area contributed by atoms with Crippen molar-refractivity contribution in [3.8, 4) is 0 Å². The van der Waals surface area contributed by atoms with Gasteiger partial charge in [0.2, 0.25) is 17.7 Å². The van der Waals surface area contributed by atoms with Gasteiger partial charge in [0.15, 0.2) is 0 Å². The van der Waals surface area contributed by atoms with Gasteiger partial charge in [-0.15, -0.1) is 0 Å². The molecule has 0 aromatic rings. The first-order valence-corrected chi connectivity index (χ1v) is 8.21. The van der Waals surface area contributed by atoms with E-state index >= 15 is 0 Å². The summed E-state index contributed by atoms with van der Waals surface area (Å²) in [6.45, 7) is 2.14. The zero-order chi connectivity index (χ0) is 21.1. The van der Waals surface area contributed by atoms with Crippen LogP contribution in [0.25, 0.3) is 0 Å². The lowest BCUT2D eigenvalue weighted by atomic mass is 9.99. The fourth-order valence-electron chi connectivity index (χ4n) is 1.88. The standard InChI is InChI=1S/C15H26N4O8/c1-3-7(2)12(16)14(25)17-5-10(21)18-8(4-11(22)23)13(24)19-9(6-20)15(26)27/h7-9,12,20H,3-6,16H2,1-2H3,(H,17,25)(H,18,21)(H,19,24)(H,22,23)(H,26,27)/t7-,8-,9-,12-/m0/s1. The lowest BCUT2D eigenvalue weighted by molar-refractivity contribution is -0.144. The van der Waals surface area contributed by atoms with Crippen molar-refractivity contribution in [2.45, 2.75) is 44.8 Å².